The number of carbonyl (C=O) groups is 2. The number of halogens is 5. The summed E-state index contributed by atoms with van der Waals surface area (Å²) in [6.07, 6.45) is -0.0278. The third-order valence-corrected chi connectivity index (χ3v) is 0.446. The van der Waals surface area contributed by atoms with E-state index in [1.807, 2.05) is 0 Å². The van der Waals surface area contributed by atoms with Gasteiger partial charge in [-0.1, -0.05) is 0 Å². The summed E-state index contributed by atoms with van der Waals surface area (Å²) in [6, 6.07) is 0. The summed E-state index contributed by atoms with van der Waals surface area (Å²) >= 11 is 0. The fourth-order valence-electron chi connectivity index (χ4n) is 0.278. The van der Waals surface area contributed by atoms with Crippen LogP contribution in [-0.2, 0) is 30.7 Å². The summed E-state index contributed by atoms with van der Waals surface area (Å²) < 4.78 is 0. The molecule has 0 N–H and O–H groups in total. The summed E-state index contributed by atoms with van der Waals surface area (Å²) in [6.45, 7) is 4.38. The second-order valence-corrected chi connectivity index (χ2v) is 1.42. The van der Waals surface area contributed by atoms with E-state index in [-0.39, 0.29) is 101 Å². The van der Waals surface area contributed by atoms with Gasteiger partial charge in [0.1, 0.15) is 5.78 Å². The summed E-state index contributed by atoms with van der Waals surface area (Å²) in [4.78, 5) is 19.9. The predicted octanol–water partition coefficient (Wildman–Crippen LogP) is -14.6. The van der Waals surface area contributed by atoms with Crippen LogP contribution in [0.3, 0.4) is 0 Å². The number of rotatable bonds is 2. The van der Waals surface area contributed by atoms with Crippen LogP contribution in [0.1, 0.15) is 13.3 Å². The Morgan fingerprint density at radius 2 is 1.23 bits per heavy atom. The van der Waals surface area contributed by atoms with Crippen LogP contribution in [0.15, 0.2) is 0 Å². The average Bonchev–Trinajstić information content (AvgIpc) is 1.27. The molecular weight excluding hydrogens is 453 g/mol. The Balaban J connectivity index is -0.0000000120. The molecule has 2 nitrogen and oxygen atoms in total. The van der Waals surface area contributed by atoms with Crippen LogP contribution in [0.4, 0.5) is 0 Å². The van der Waals surface area contributed by atoms with Crippen LogP contribution in [0.2, 0.25) is 0 Å². The van der Waals surface area contributed by atoms with Gasteiger partial charge in [-0.25, -0.2) is 0 Å². The zero-order valence-electron chi connectivity index (χ0n) is 6.53. The van der Waals surface area contributed by atoms with Gasteiger partial charge in [-0.3, -0.25) is 4.79 Å². The van der Waals surface area contributed by atoms with Gasteiger partial charge in [-0.2, -0.15) is 0 Å². The van der Waals surface area contributed by atoms with Crippen molar-refractivity contribution in [2.75, 3.05) is 0 Å². The number of ketones is 2. The average molecular weight is 460 g/mol. The van der Waals surface area contributed by atoms with Crippen LogP contribution < -0.4 is 62.0 Å². The molecule has 0 aromatic heterocycles. The van der Waals surface area contributed by atoms with Crippen molar-refractivity contribution in [3.05, 3.63) is 6.92 Å². The smallest absolute Gasteiger partial charge is 0.134 e. The Bertz CT molecular complexity index is 99.1. The Morgan fingerprint density at radius 3 is 1.23 bits per heavy atom. The van der Waals surface area contributed by atoms with Crippen molar-refractivity contribution in [2.24, 2.45) is 0 Å². The molecule has 13 heavy (non-hydrogen) atoms. The van der Waals surface area contributed by atoms with Crippen LogP contribution in [0.5, 0.6) is 0 Å². The summed E-state index contributed by atoms with van der Waals surface area (Å²) in [5.74, 6) is -0.437. The van der Waals surface area contributed by atoms with Gasteiger partial charge >= 0.3 is 0 Å². The zero-order valence-corrected chi connectivity index (χ0v) is 13.2. The van der Waals surface area contributed by atoms with Crippen molar-refractivity contribution in [3.8, 4) is 0 Å². The molecule has 0 spiro atoms. The quantitative estimate of drug-likeness (QED) is 0.303. The standard InChI is InChI=1S/C5H7O2.5ClH.W/c1-4(6)3-5(2)7;;;;;;/h1,3H2,2H3;5*1H;/q-1;;;;;;/p-5. The van der Waals surface area contributed by atoms with Gasteiger partial charge < -0.3 is 73.8 Å². The second kappa shape index (κ2) is 29.2. The molecule has 0 aliphatic heterocycles. The third-order valence-electron chi connectivity index (χ3n) is 0.446. The van der Waals surface area contributed by atoms with E-state index in [1.54, 1.807) is 0 Å². The molecule has 0 rings (SSSR count). The molecular formula is C5H7Cl5O2W-6. The minimum atomic E-state index is -0.312. The van der Waals surface area contributed by atoms with Crippen molar-refractivity contribution in [1.82, 2.24) is 0 Å². The largest absolute Gasteiger partial charge is 1.00 e. The molecule has 0 aliphatic carbocycles. The fourth-order valence-corrected chi connectivity index (χ4v) is 0.278. The first-order valence-corrected chi connectivity index (χ1v) is 1.97. The van der Waals surface area contributed by atoms with Gasteiger partial charge in [-0.15, -0.1) is 0 Å². The van der Waals surface area contributed by atoms with E-state index in [0.717, 1.165) is 0 Å². The van der Waals surface area contributed by atoms with E-state index in [2.05, 4.69) is 6.92 Å². The van der Waals surface area contributed by atoms with E-state index < -0.39 is 0 Å². The Kier molecular flexibility index (Phi) is 106. The molecule has 0 saturated heterocycles. The zero-order chi connectivity index (χ0) is 5.86. The molecule has 0 aliphatic rings. The van der Waals surface area contributed by atoms with Gasteiger partial charge in [0.25, 0.3) is 0 Å². The van der Waals surface area contributed by atoms with Gasteiger partial charge in [-0.05, 0) is 6.92 Å². The summed E-state index contributed by atoms with van der Waals surface area (Å²) in [5, 5.41) is 0. The minimum Gasteiger partial charge on any atom is -1.00 e. The molecule has 0 aromatic carbocycles. The first-order valence-electron chi connectivity index (χ1n) is 1.97. The van der Waals surface area contributed by atoms with E-state index in [0.29, 0.717) is 0 Å². The molecule has 0 heterocycles. The first-order chi connectivity index (χ1) is 3.13. The molecule has 0 fully saturated rings. The number of hydrogen-bond donors (Lipinski definition) is 0. The van der Waals surface area contributed by atoms with Crippen molar-refractivity contribution in [2.45, 2.75) is 13.3 Å². The monoisotopic (exact) mass is 458 g/mol. The molecule has 0 bridgehead atoms. The summed E-state index contributed by atoms with van der Waals surface area (Å²) in [7, 11) is 0. The Labute approximate surface area is 124 Å². The van der Waals surface area contributed by atoms with Crippen LogP contribution in [-0.4, -0.2) is 11.6 Å². The molecule has 0 unspecified atom stereocenters. The predicted molar refractivity (Wildman–Crippen MR) is 25.7 cm³/mol. The topological polar surface area (TPSA) is 34.1 Å². The Hall–Kier alpha value is 1.35. The number of Topliss-reactive ketones (excluding diaryl/α,β-unsaturated/α-hetero) is 2. The van der Waals surface area contributed by atoms with E-state index >= 15 is 0 Å². The van der Waals surface area contributed by atoms with Gasteiger partial charge in [0.15, 0.2) is 0 Å². The van der Waals surface area contributed by atoms with Crippen LogP contribution >= 0.6 is 0 Å². The van der Waals surface area contributed by atoms with Crippen molar-refractivity contribution < 1.29 is 92.7 Å². The van der Waals surface area contributed by atoms with Crippen molar-refractivity contribution >= 4 is 11.6 Å². The number of carbonyl (C=O) groups excluding carboxylic acids is 2. The molecule has 0 aromatic rings. The van der Waals surface area contributed by atoms with Crippen molar-refractivity contribution in [1.29, 1.82) is 0 Å². The Morgan fingerprint density at radius 1 is 1.00 bits per heavy atom. The van der Waals surface area contributed by atoms with E-state index in [4.69, 9.17) is 0 Å². The first kappa shape index (κ1) is 47.3. The minimum absolute atomic E-state index is 0. The fraction of sp³-hybridized carbons (Fsp3) is 0.400. The maximum Gasteiger partial charge on any atom is 0.134 e. The van der Waals surface area contributed by atoms with Crippen LogP contribution in [0, 0.1) is 6.92 Å². The maximum absolute atomic E-state index is 9.99. The number of hydrogen-bond acceptors (Lipinski definition) is 2. The third kappa shape index (κ3) is 60.1. The van der Waals surface area contributed by atoms with Gasteiger partial charge in [0.2, 0.25) is 0 Å². The van der Waals surface area contributed by atoms with Crippen LogP contribution in [0.25, 0.3) is 0 Å². The van der Waals surface area contributed by atoms with E-state index in [9.17, 15) is 9.59 Å². The molecule has 0 saturated carbocycles. The second-order valence-electron chi connectivity index (χ2n) is 1.42. The summed E-state index contributed by atoms with van der Waals surface area (Å²) in [5.41, 5.74) is 0. The maximum atomic E-state index is 9.99. The molecule has 0 amide bonds. The van der Waals surface area contributed by atoms with Crippen molar-refractivity contribution in [3.63, 3.8) is 0 Å². The van der Waals surface area contributed by atoms with Gasteiger partial charge in [0, 0.05) is 33.3 Å². The molecule has 86 valence electrons. The molecule has 0 radical (unpaired) electrons. The molecule has 8 heteroatoms. The molecule has 0 atom stereocenters. The van der Waals surface area contributed by atoms with E-state index in [1.165, 1.54) is 6.92 Å². The SMILES string of the molecule is [CH2-]C(=O)CC(C)=O.[Cl-].[Cl-].[Cl-].[Cl-].[Cl-].[W]. The normalized spacial score (nSPS) is 4.38. The van der Waals surface area contributed by atoms with Gasteiger partial charge in [0.05, 0.1) is 0 Å².